The van der Waals surface area contributed by atoms with Crippen molar-refractivity contribution in [2.75, 3.05) is 33.4 Å². The van der Waals surface area contributed by atoms with Gasteiger partial charge in [0.2, 0.25) is 5.91 Å². The quantitative estimate of drug-likeness (QED) is 0.386. The lowest BCUT2D eigenvalue weighted by Gasteiger charge is -2.60. The Hall–Kier alpha value is -2.29. The van der Waals surface area contributed by atoms with Gasteiger partial charge in [-0.05, 0) is 62.9 Å². The van der Waals surface area contributed by atoms with Crippen LogP contribution in [0.3, 0.4) is 0 Å². The average Bonchev–Trinajstić information content (AvgIpc) is 3.30. The zero-order valence-corrected chi connectivity index (χ0v) is 22.9. The Bertz CT molecular complexity index is 1220. The molecule has 2 aromatic carbocycles. The molecule has 1 heterocycles. The zero-order valence-electron chi connectivity index (χ0n) is 22.2. The van der Waals surface area contributed by atoms with E-state index in [9.17, 15) is 15.0 Å². The van der Waals surface area contributed by atoms with Crippen LogP contribution in [0.4, 0.5) is 0 Å². The standard InChI is InChI=1S/C30H37ClN2O5/c1-19-7-6-8-20(15-19)26-23(31)10-9-22-27(26)29(36,11-4-5-13-37-3)30(22)18-33(12-14-38-30)28(35)21-16-24(32-2)25(34)17-21/h6-10,15,21,24-25,34,36H,2,4-5,11-14,16-18H2,1,3H3/t21-,24+,25-,29?,30-/m0/s1. The number of ether oxygens (including phenoxy) is 2. The first kappa shape index (κ1) is 27.3. The van der Waals surface area contributed by atoms with Crippen LogP contribution in [-0.4, -0.2) is 73.3 Å². The number of morpholine rings is 1. The summed E-state index contributed by atoms with van der Waals surface area (Å²) in [6, 6.07) is 11.6. The molecule has 38 heavy (non-hydrogen) atoms. The van der Waals surface area contributed by atoms with Crippen molar-refractivity contribution in [1.29, 1.82) is 0 Å². The van der Waals surface area contributed by atoms with Gasteiger partial charge < -0.3 is 24.6 Å². The van der Waals surface area contributed by atoms with E-state index in [1.807, 2.05) is 37.3 Å². The molecule has 1 saturated heterocycles. The summed E-state index contributed by atoms with van der Waals surface area (Å²) in [6.07, 6.45) is 2.18. The first-order valence-corrected chi connectivity index (χ1v) is 13.8. The van der Waals surface area contributed by atoms with Crippen LogP contribution < -0.4 is 0 Å². The van der Waals surface area contributed by atoms with Gasteiger partial charge in [-0.2, -0.15) is 0 Å². The Morgan fingerprint density at radius 2 is 2.11 bits per heavy atom. The number of nitrogens with zero attached hydrogens (tertiary/aromatic N) is 2. The Labute approximate surface area is 229 Å². The lowest BCUT2D eigenvalue weighted by atomic mass is 9.56. The van der Waals surface area contributed by atoms with Crippen molar-refractivity contribution < 1.29 is 24.5 Å². The highest BCUT2D eigenvalue weighted by Gasteiger charge is 2.66. The van der Waals surface area contributed by atoms with Crippen molar-refractivity contribution in [2.45, 2.75) is 62.4 Å². The fourth-order valence-electron chi connectivity index (χ4n) is 6.72. The molecule has 7 nitrogen and oxygen atoms in total. The van der Waals surface area contributed by atoms with Crippen LogP contribution in [0.25, 0.3) is 11.1 Å². The van der Waals surface area contributed by atoms with Crippen molar-refractivity contribution in [1.82, 2.24) is 4.90 Å². The molecule has 1 amide bonds. The molecular formula is C30H37ClN2O5. The van der Waals surface area contributed by atoms with Gasteiger partial charge in [0.15, 0.2) is 0 Å². The van der Waals surface area contributed by atoms with E-state index in [-0.39, 0.29) is 24.4 Å². The molecule has 0 radical (unpaired) electrons. The van der Waals surface area contributed by atoms with Gasteiger partial charge >= 0.3 is 0 Å². The SMILES string of the molecule is C=N[C@@H]1C[C@H](C(=O)N2CCO[C@@]3(C2)c2ccc(Cl)c(-c4cccc(C)c4)c2C3(O)CCCCOC)C[C@@H]1O. The number of methoxy groups -OCH3 is 1. The summed E-state index contributed by atoms with van der Waals surface area (Å²) in [7, 11) is 1.67. The monoisotopic (exact) mass is 540 g/mol. The van der Waals surface area contributed by atoms with Gasteiger partial charge in [-0.15, -0.1) is 0 Å². The van der Waals surface area contributed by atoms with Gasteiger partial charge in [0, 0.05) is 42.3 Å². The lowest BCUT2D eigenvalue weighted by molar-refractivity contribution is -0.255. The predicted molar refractivity (Wildman–Crippen MR) is 148 cm³/mol. The van der Waals surface area contributed by atoms with E-state index in [2.05, 4.69) is 17.8 Å². The molecule has 1 spiro atoms. The fraction of sp³-hybridized carbons (Fsp3) is 0.533. The van der Waals surface area contributed by atoms with Gasteiger partial charge in [-0.3, -0.25) is 9.79 Å². The summed E-state index contributed by atoms with van der Waals surface area (Å²) in [5, 5.41) is 23.4. The molecule has 2 aliphatic carbocycles. The van der Waals surface area contributed by atoms with Gasteiger partial charge in [-0.1, -0.05) is 47.5 Å². The van der Waals surface area contributed by atoms with Crippen LogP contribution >= 0.6 is 11.6 Å². The predicted octanol–water partition coefficient (Wildman–Crippen LogP) is 4.23. The summed E-state index contributed by atoms with van der Waals surface area (Å²) >= 11 is 6.79. The number of aliphatic imine (C=N–C) groups is 1. The smallest absolute Gasteiger partial charge is 0.226 e. The Morgan fingerprint density at radius 3 is 2.82 bits per heavy atom. The number of hydrogen-bond acceptors (Lipinski definition) is 6. The Balaban J connectivity index is 1.53. The van der Waals surface area contributed by atoms with E-state index in [0.29, 0.717) is 44.0 Å². The van der Waals surface area contributed by atoms with Crippen LogP contribution in [0.2, 0.25) is 5.02 Å². The third kappa shape index (κ3) is 4.38. The molecule has 1 aliphatic heterocycles. The van der Waals surface area contributed by atoms with Crippen molar-refractivity contribution in [3.05, 3.63) is 58.1 Å². The second-order valence-electron chi connectivity index (χ2n) is 10.9. The van der Waals surface area contributed by atoms with E-state index in [1.165, 1.54) is 0 Å². The molecule has 1 saturated carbocycles. The van der Waals surface area contributed by atoms with Gasteiger partial charge in [0.1, 0.15) is 11.2 Å². The van der Waals surface area contributed by atoms with Gasteiger partial charge in [-0.25, -0.2) is 0 Å². The summed E-state index contributed by atoms with van der Waals surface area (Å²) in [5.74, 6) is -0.348. The summed E-state index contributed by atoms with van der Waals surface area (Å²) < 4.78 is 11.7. The molecule has 1 unspecified atom stereocenters. The van der Waals surface area contributed by atoms with E-state index in [0.717, 1.165) is 40.7 Å². The number of rotatable bonds is 8. The van der Waals surface area contributed by atoms with Crippen molar-refractivity contribution in [3.63, 3.8) is 0 Å². The summed E-state index contributed by atoms with van der Waals surface area (Å²) in [6.45, 7) is 7.20. The number of carbonyl (C=O) groups is 1. The molecule has 204 valence electrons. The molecule has 8 heteroatoms. The number of benzene rings is 2. The maximum atomic E-state index is 13.6. The molecule has 2 N–H and O–H groups in total. The molecule has 0 aromatic heterocycles. The average molecular weight is 541 g/mol. The Morgan fingerprint density at radius 1 is 1.29 bits per heavy atom. The number of aryl methyl sites for hydroxylation is 1. The maximum absolute atomic E-state index is 13.6. The third-order valence-electron chi connectivity index (χ3n) is 8.63. The number of unbranched alkanes of at least 4 members (excludes halogenated alkanes) is 1. The second kappa shape index (κ2) is 10.7. The van der Waals surface area contributed by atoms with Crippen LogP contribution in [0.5, 0.6) is 0 Å². The second-order valence-corrected chi connectivity index (χ2v) is 11.4. The van der Waals surface area contributed by atoms with E-state index >= 15 is 0 Å². The summed E-state index contributed by atoms with van der Waals surface area (Å²) in [4.78, 5) is 19.4. The molecule has 3 aliphatic rings. The topological polar surface area (TPSA) is 91.6 Å². The Kier molecular flexibility index (Phi) is 7.68. The van der Waals surface area contributed by atoms with Crippen LogP contribution in [-0.2, 0) is 25.5 Å². The van der Waals surface area contributed by atoms with E-state index < -0.39 is 17.3 Å². The molecular weight excluding hydrogens is 504 g/mol. The first-order chi connectivity index (χ1) is 18.3. The third-order valence-corrected chi connectivity index (χ3v) is 8.94. The lowest BCUT2D eigenvalue weighted by Crippen LogP contribution is -2.68. The van der Waals surface area contributed by atoms with Crippen molar-refractivity contribution >= 4 is 24.2 Å². The van der Waals surface area contributed by atoms with E-state index in [1.54, 1.807) is 12.0 Å². The fourth-order valence-corrected chi connectivity index (χ4v) is 6.98. The molecule has 5 atom stereocenters. The number of halogens is 1. The van der Waals surface area contributed by atoms with Crippen LogP contribution in [0, 0.1) is 12.8 Å². The number of amides is 1. The van der Waals surface area contributed by atoms with Gasteiger partial charge in [0.05, 0.1) is 25.3 Å². The minimum absolute atomic E-state index is 0.0269. The number of aliphatic hydroxyl groups excluding tert-OH is 1. The van der Waals surface area contributed by atoms with Crippen LogP contribution in [0.15, 0.2) is 41.4 Å². The molecule has 2 fully saturated rings. The van der Waals surface area contributed by atoms with Crippen LogP contribution in [0.1, 0.15) is 48.8 Å². The minimum Gasteiger partial charge on any atom is -0.391 e. The normalized spacial score (nSPS) is 30.2. The zero-order chi connectivity index (χ0) is 27.1. The molecule has 2 aromatic rings. The number of hydrogen-bond donors (Lipinski definition) is 2. The van der Waals surface area contributed by atoms with Crippen molar-refractivity contribution in [3.8, 4) is 11.1 Å². The maximum Gasteiger partial charge on any atom is 0.226 e. The highest BCUT2D eigenvalue weighted by Crippen LogP contribution is 2.62. The number of fused-ring (bicyclic) bond motifs is 2. The molecule has 5 rings (SSSR count). The highest BCUT2D eigenvalue weighted by molar-refractivity contribution is 6.33. The first-order valence-electron chi connectivity index (χ1n) is 13.4. The van der Waals surface area contributed by atoms with E-state index in [4.69, 9.17) is 21.1 Å². The largest absolute Gasteiger partial charge is 0.391 e. The van der Waals surface area contributed by atoms with Gasteiger partial charge in [0.25, 0.3) is 0 Å². The molecule has 0 bridgehead atoms. The number of carbonyl (C=O) groups excluding carboxylic acids is 1. The minimum atomic E-state index is -1.33. The summed E-state index contributed by atoms with van der Waals surface area (Å²) in [5.41, 5.74) is 2.14. The number of aliphatic hydroxyl groups is 2. The highest BCUT2D eigenvalue weighted by atomic mass is 35.5. The van der Waals surface area contributed by atoms with Crippen molar-refractivity contribution in [2.24, 2.45) is 10.9 Å².